The average molecular weight is 308 g/mol. The second kappa shape index (κ2) is 7.55. The van der Waals surface area contributed by atoms with E-state index < -0.39 is 0 Å². The van der Waals surface area contributed by atoms with Gasteiger partial charge in [0, 0.05) is 11.1 Å². The summed E-state index contributed by atoms with van der Waals surface area (Å²) in [4.78, 5) is 0. The molecule has 0 aromatic heterocycles. The molecule has 0 amide bonds. The molecule has 0 fully saturated rings. The second-order valence-electron chi connectivity index (χ2n) is 4.99. The van der Waals surface area contributed by atoms with Crippen LogP contribution >= 0.6 is 11.6 Å². The van der Waals surface area contributed by atoms with Gasteiger partial charge in [-0.1, -0.05) is 42.8 Å². The smallest absolute Gasteiger partial charge is 0.123 e. The highest BCUT2D eigenvalue weighted by Gasteiger charge is 2.19. The molecule has 112 valence electrons. The van der Waals surface area contributed by atoms with Crippen LogP contribution in [-0.4, -0.2) is 6.04 Å². The van der Waals surface area contributed by atoms with Gasteiger partial charge in [0.25, 0.3) is 0 Å². The van der Waals surface area contributed by atoms with Gasteiger partial charge < -0.3 is 10.5 Å². The van der Waals surface area contributed by atoms with E-state index in [0.717, 1.165) is 17.5 Å². The van der Waals surface area contributed by atoms with Crippen molar-refractivity contribution in [2.75, 3.05) is 0 Å². The molecule has 0 aliphatic carbocycles. The maximum absolute atomic E-state index is 13.4. The molecule has 2 N–H and O–H groups in total. The Hall–Kier alpha value is -1.42. The summed E-state index contributed by atoms with van der Waals surface area (Å²) in [6.07, 6.45) is 0.420. The van der Waals surface area contributed by atoms with E-state index in [2.05, 4.69) is 0 Å². The first-order valence-electron chi connectivity index (χ1n) is 6.97. The molecule has 0 saturated heterocycles. The standard InChI is InChI=1S/C17H19ClFNO/c1-2-16(20)17(13-4-3-5-15(19)10-13)21-11-12-6-8-14(18)9-7-12/h3-10,16-17H,2,11,20H2,1H3. The summed E-state index contributed by atoms with van der Waals surface area (Å²) in [5.74, 6) is -0.282. The van der Waals surface area contributed by atoms with E-state index in [-0.39, 0.29) is 18.0 Å². The molecular formula is C17H19ClFNO. The number of ether oxygens (including phenoxy) is 1. The Kier molecular flexibility index (Phi) is 5.74. The lowest BCUT2D eigenvalue weighted by molar-refractivity contribution is 0.0211. The first-order chi connectivity index (χ1) is 10.1. The van der Waals surface area contributed by atoms with Gasteiger partial charge in [-0.3, -0.25) is 0 Å². The third-order valence-electron chi connectivity index (χ3n) is 3.38. The van der Waals surface area contributed by atoms with Crippen molar-refractivity contribution in [3.8, 4) is 0 Å². The van der Waals surface area contributed by atoms with Gasteiger partial charge in [-0.25, -0.2) is 4.39 Å². The van der Waals surface area contributed by atoms with Crippen LogP contribution in [0.2, 0.25) is 5.02 Å². The number of hydrogen-bond donors (Lipinski definition) is 1. The summed E-state index contributed by atoms with van der Waals surface area (Å²) >= 11 is 5.86. The van der Waals surface area contributed by atoms with Crippen LogP contribution in [0.5, 0.6) is 0 Å². The minimum Gasteiger partial charge on any atom is -0.367 e. The zero-order chi connectivity index (χ0) is 15.2. The number of nitrogens with two attached hydrogens (primary N) is 1. The highest BCUT2D eigenvalue weighted by molar-refractivity contribution is 6.30. The molecule has 2 aromatic carbocycles. The Morgan fingerprint density at radius 1 is 1.19 bits per heavy atom. The van der Waals surface area contributed by atoms with Crippen LogP contribution in [0.15, 0.2) is 48.5 Å². The largest absolute Gasteiger partial charge is 0.367 e. The van der Waals surface area contributed by atoms with Crippen molar-refractivity contribution >= 4 is 11.6 Å². The normalized spacial score (nSPS) is 13.9. The van der Waals surface area contributed by atoms with E-state index in [0.29, 0.717) is 11.6 Å². The van der Waals surface area contributed by atoms with E-state index in [1.54, 1.807) is 6.07 Å². The van der Waals surface area contributed by atoms with Crippen LogP contribution in [0.1, 0.15) is 30.6 Å². The molecule has 0 radical (unpaired) electrons. The highest BCUT2D eigenvalue weighted by Crippen LogP contribution is 2.24. The van der Waals surface area contributed by atoms with Crippen molar-refractivity contribution in [3.05, 3.63) is 70.5 Å². The van der Waals surface area contributed by atoms with E-state index in [1.165, 1.54) is 12.1 Å². The predicted molar refractivity (Wildman–Crippen MR) is 83.6 cm³/mol. The number of rotatable bonds is 6. The summed E-state index contributed by atoms with van der Waals surface area (Å²) in [7, 11) is 0. The van der Waals surface area contributed by atoms with Gasteiger partial charge in [0.05, 0.1) is 12.7 Å². The third-order valence-corrected chi connectivity index (χ3v) is 3.63. The van der Waals surface area contributed by atoms with Crippen LogP contribution in [0.4, 0.5) is 4.39 Å². The van der Waals surface area contributed by atoms with Crippen molar-refractivity contribution in [3.63, 3.8) is 0 Å². The number of benzene rings is 2. The molecular weight excluding hydrogens is 289 g/mol. The molecule has 21 heavy (non-hydrogen) atoms. The Morgan fingerprint density at radius 2 is 1.90 bits per heavy atom. The van der Waals surface area contributed by atoms with Gasteiger partial charge in [-0.05, 0) is 41.8 Å². The maximum Gasteiger partial charge on any atom is 0.123 e. The average Bonchev–Trinajstić information content (AvgIpc) is 2.49. The van der Waals surface area contributed by atoms with Crippen LogP contribution < -0.4 is 5.73 Å². The van der Waals surface area contributed by atoms with E-state index >= 15 is 0 Å². The summed E-state index contributed by atoms with van der Waals surface area (Å²) < 4.78 is 19.3. The molecule has 0 spiro atoms. The van der Waals surface area contributed by atoms with Crippen LogP contribution in [0, 0.1) is 5.82 Å². The van der Waals surface area contributed by atoms with E-state index in [1.807, 2.05) is 37.3 Å². The van der Waals surface area contributed by atoms with Gasteiger partial charge in [-0.2, -0.15) is 0 Å². The molecule has 2 nitrogen and oxygen atoms in total. The Labute approximate surface area is 129 Å². The monoisotopic (exact) mass is 307 g/mol. The fourth-order valence-electron chi connectivity index (χ4n) is 2.13. The molecule has 2 atom stereocenters. The molecule has 0 heterocycles. The summed E-state index contributed by atoms with van der Waals surface area (Å²) in [5, 5.41) is 0.686. The summed E-state index contributed by atoms with van der Waals surface area (Å²) in [6.45, 7) is 2.40. The molecule has 0 saturated carbocycles. The lowest BCUT2D eigenvalue weighted by atomic mass is 10.0. The Morgan fingerprint density at radius 3 is 2.52 bits per heavy atom. The first-order valence-corrected chi connectivity index (χ1v) is 7.35. The lowest BCUT2D eigenvalue weighted by Gasteiger charge is -2.24. The Balaban J connectivity index is 2.11. The topological polar surface area (TPSA) is 35.2 Å². The highest BCUT2D eigenvalue weighted by atomic mass is 35.5. The molecule has 2 unspecified atom stereocenters. The van der Waals surface area contributed by atoms with Crippen molar-refractivity contribution in [2.45, 2.75) is 32.1 Å². The quantitative estimate of drug-likeness (QED) is 0.854. The van der Waals surface area contributed by atoms with Gasteiger partial charge in [0.1, 0.15) is 5.82 Å². The van der Waals surface area contributed by atoms with Crippen LogP contribution in [0.3, 0.4) is 0 Å². The van der Waals surface area contributed by atoms with Crippen molar-refractivity contribution in [2.24, 2.45) is 5.73 Å². The molecule has 0 bridgehead atoms. The summed E-state index contributed by atoms with van der Waals surface area (Å²) in [5.41, 5.74) is 7.89. The molecule has 2 aromatic rings. The zero-order valence-corrected chi connectivity index (χ0v) is 12.7. The van der Waals surface area contributed by atoms with E-state index in [9.17, 15) is 4.39 Å². The fraction of sp³-hybridized carbons (Fsp3) is 0.294. The molecule has 4 heteroatoms. The molecule has 2 rings (SSSR count). The minimum atomic E-state index is -0.332. The molecule has 0 aliphatic heterocycles. The van der Waals surface area contributed by atoms with E-state index in [4.69, 9.17) is 22.1 Å². The first kappa shape index (κ1) is 16.0. The molecule has 0 aliphatic rings. The van der Waals surface area contributed by atoms with Gasteiger partial charge in [0.2, 0.25) is 0 Å². The van der Waals surface area contributed by atoms with Crippen molar-refractivity contribution < 1.29 is 9.13 Å². The maximum atomic E-state index is 13.4. The number of halogens is 2. The third kappa shape index (κ3) is 4.53. The SMILES string of the molecule is CCC(N)C(OCc1ccc(Cl)cc1)c1cccc(F)c1. The second-order valence-corrected chi connectivity index (χ2v) is 5.42. The fourth-order valence-corrected chi connectivity index (χ4v) is 2.26. The minimum absolute atomic E-state index is 0.181. The zero-order valence-electron chi connectivity index (χ0n) is 11.9. The van der Waals surface area contributed by atoms with Gasteiger partial charge in [-0.15, -0.1) is 0 Å². The van der Waals surface area contributed by atoms with Crippen molar-refractivity contribution in [1.82, 2.24) is 0 Å². The predicted octanol–water partition coefficient (Wildman–Crippen LogP) is 4.47. The van der Waals surface area contributed by atoms with Crippen LogP contribution in [-0.2, 0) is 11.3 Å². The Bertz CT molecular complexity index is 573. The van der Waals surface area contributed by atoms with Gasteiger partial charge in [0.15, 0.2) is 0 Å². The van der Waals surface area contributed by atoms with Crippen LogP contribution in [0.25, 0.3) is 0 Å². The lowest BCUT2D eigenvalue weighted by Crippen LogP contribution is -2.29. The number of hydrogen-bond acceptors (Lipinski definition) is 2. The van der Waals surface area contributed by atoms with Gasteiger partial charge >= 0.3 is 0 Å². The summed E-state index contributed by atoms with van der Waals surface area (Å²) in [6, 6.07) is 13.7. The van der Waals surface area contributed by atoms with Crippen molar-refractivity contribution in [1.29, 1.82) is 0 Å².